The molecule has 1 aliphatic rings. The Labute approximate surface area is 103 Å². The van der Waals surface area contributed by atoms with E-state index in [0.717, 1.165) is 31.5 Å². The summed E-state index contributed by atoms with van der Waals surface area (Å²) in [6.07, 6.45) is 5.57. The Balaban J connectivity index is 2.39. The summed E-state index contributed by atoms with van der Waals surface area (Å²) in [6, 6.07) is 0. The van der Waals surface area contributed by atoms with Crippen LogP contribution in [-0.4, -0.2) is 22.0 Å². The quantitative estimate of drug-likeness (QED) is 0.879. The first-order valence-electron chi connectivity index (χ1n) is 6.43. The van der Waals surface area contributed by atoms with E-state index in [1.54, 1.807) is 13.3 Å². The van der Waals surface area contributed by atoms with Gasteiger partial charge in [0.15, 0.2) is 5.75 Å². The van der Waals surface area contributed by atoms with Crippen LogP contribution in [0, 0.1) is 5.92 Å². The van der Waals surface area contributed by atoms with Crippen LogP contribution >= 0.6 is 0 Å². The van der Waals surface area contributed by atoms with E-state index in [1.807, 2.05) is 11.6 Å². The minimum absolute atomic E-state index is 0.554. The van der Waals surface area contributed by atoms with Gasteiger partial charge in [0, 0.05) is 6.54 Å². The van der Waals surface area contributed by atoms with E-state index in [9.17, 15) is 5.11 Å². The molecule has 0 aliphatic heterocycles. The minimum Gasteiger partial charge on any atom is -0.493 e. The highest BCUT2D eigenvalue weighted by Gasteiger charge is 2.39. The van der Waals surface area contributed by atoms with Gasteiger partial charge in [0.05, 0.1) is 13.3 Å². The fourth-order valence-electron chi connectivity index (χ4n) is 2.97. The van der Waals surface area contributed by atoms with E-state index in [1.165, 1.54) is 6.42 Å². The van der Waals surface area contributed by atoms with Crippen LogP contribution in [0.1, 0.15) is 45.2 Å². The standard InChI is InChI=1S/C13H22N2O2/c1-4-15-12(11(17-3)9-14-15)13(16)7-5-6-10(2)8-13/h9-10,16H,4-8H2,1-3H3. The zero-order valence-electron chi connectivity index (χ0n) is 10.9. The van der Waals surface area contributed by atoms with Crippen molar-refractivity contribution in [2.24, 2.45) is 5.92 Å². The Kier molecular flexibility index (Phi) is 3.43. The third-order valence-electron chi connectivity index (χ3n) is 3.74. The van der Waals surface area contributed by atoms with E-state index in [0.29, 0.717) is 11.7 Å². The second-order valence-electron chi connectivity index (χ2n) is 5.11. The fraction of sp³-hybridized carbons (Fsp3) is 0.769. The number of aryl methyl sites for hydroxylation is 1. The summed E-state index contributed by atoms with van der Waals surface area (Å²) in [6.45, 7) is 4.99. The van der Waals surface area contributed by atoms with Crippen molar-refractivity contribution in [1.29, 1.82) is 0 Å². The molecule has 4 nitrogen and oxygen atoms in total. The zero-order chi connectivity index (χ0) is 12.5. The second kappa shape index (κ2) is 4.69. The van der Waals surface area contributed by atoms with Gasteiger partial charge in [-0.25, -0.2) is 0 Å². The van der Waals surface area contributed by atoms with Crippen molar-refractivity contribution < 1.29 is 9.84 Å². The molecule has 0 radical (unpaired) electrons. The summed E-state index contributed by atoms with van der Waals surface area (Å²) in [5.74, 6) is 1.27. The number of aliphatic hydroxyl groups is 1. The molecule has 17 heavy (non-hydrogen) atoms. The van der Waals surface area contributed by atoms with Crippen LogP contribution in [0.5, 0.6) is 5.75 Å². The topological polar surface area (TPSA) is 47.3 Å². The lowest BCUT2D eigenvalue weighted by Crippen LogP contribution is -2.34. The van der Waals surface area contributed by atoms with E-state index in [4.69, 9.17) is 4.74 Å². The van der Waals surface area contributed by atoms with Crippen molar-refractivity contribution >= 4 is 0 Å². The Hall–Kier alpha value is -1.03. The molecule has 2 rings (SSSR count). The highest BCUT2D eigenvalue weighted by atomic mass is 16.5. The third kappa shape index (κ3) is 2.18. The number of rotatable bonds is 3. The maximum absolute atomic E-state index is 10.9. The first kappa shape index (κ1) is 12.4. The van der Waals surface area contributed by atoms with E-state index >= 15 is 0 Å². The first-order chi connectivity index (χ1) is 8.10. The number of aromatic nitrogens is 2. The summed E-state index contributed by atoms with van der Waals surface area (Å²) in [7, 11) is 1.64. The number of methoxy groups -OCH3 is 1. The van der Waals surface area contributed by atoms with Crippen molar-refractivity contribution in [2.45, 2.75) is 51.7 Å². The molecule has 4 heteroatoms. The van der Waals surface area contributed by atoms with Crippen molar-refractivity contribution in [3.63, 3.8) is 0 Å². The van der Waals surface area contributed by atoms with Crippen molar-refractivity contribution in [3.05, 3.63) is 11.9 Å². The molecule has 1 fully saturated rings. The zero-order valence-corrected chi connectivity index (χ0v) is 10.9. The Morgan fingerprint density at radius 2 is 2.41 bits per heavy atom. The van der Waals surface area contributed by atoms with Crippen LogP contribution in [0.2, 0.25) is 0 Å². The lowest BCUT2D eigenvalue weighted by molar-refractivity contribution is -0.0270. The average molecular weight is 238 g/mol. The van der Waals surface area contributed by atoms with Gasteiger partial charge in [-0.2, -0.15) is 5.10 Å². The molecule has 1 saturated carbocycles. The molecule has 1 aliphatic carbocycles. The molecular formula is C13H22N2O2. The lowest BCUT2D eigenvalue weighted by Gasteiger charge is -2.36. The number of ether oxygens (including phenoxy) is 1. The van der Waals surface area contributed by atoms with Gasteiger partial charge in [-0.05, 0) is 32.1 Å². The molecule has 0 aromatic carbocycles. The molecule has 0 saturated heterocycles. The number of hydrogen-bond donors (Lipinski definition) is 1. The van der Waals surface area contributed by atoms with Gasteiger partial charge in [-0.15, -0.1) is 0 Å². The van der Waals surface area contributed by atoms with Crippen LogP contribution in [0.15, 0.2) is 6.20 Å². The molecular weight excluding hydrogens is 216 g/mol. The van der Waals surface area contributed by atoms with Gasteiger partial charge in [0.25, 0.3) is 0 Å². The second-order valence-corrected chi connectivity index (χ2v) is 5.11. The van der Waals surface area contributed by atoms with Crippen LogP contribution in [0.3, 0.4) is 0 Å². The average Bonchev–Trinajstić information content (AvgIpc) is 2.72. The molecule has 1 heterocycles. The molecule has 0 amide bonds. The van der Waals surface area contributed by atoms with Gasteiger partial charge < -0.3 is 9.84 Å². The number of nitrogens with zero attached hydrogens (tertiary/aromatic N) is 2. The SMILES string of the molecule is CCn1ncc(OC)c1C1(O)CCCC(C)C1. The van der Waals surface area contributed by atoms with Gasteiger partial charge in [0.1, 0.15) is 11.3 Å². The highest BCUT2D eigenvalue weighted by Crippen LogP contribution is 2.43. The van der Waals surface area contributed by atoms with E-state index < -0.39 is 5.60 Å². The predicted molar refractivity (Wildman–Crippen MR) is 66.0 cm³/mol. The molecule has 0 bridgehead atoms. The van der Waals surface area contributed by atoms with Gasteiger partial charge in [-0.3, -0.25) is 4.68 Å². The Bertz CT molecular complexity index is 367. The summed E-state index contributed by atoms with van der Waals surface area (Å²) in [5.41, 5.74) is 0.0873. The van der Waals surface area contributed by atoms with Crippen LogP contribution in [-0.2, 0) is 12.1 Å². The molecule has 96 valence electrons. The van der Waals surface area contributed by atoms with E-state index in [2.05, 4.69) is 12.0 Å². The van der Waals surface area contributed by atoms with Gasteiger partial charge in [0.2, 0.25) is 0 Å². The summed E-state index contributed by atoms with van der Waals surface area (Å²) < 4.78 is 7.20. The summed E-state index contributed by atoms with van der Waals surface area (Å²) in [5, 5.41) is 15.2. The largest absolute Gasteiger partial charge is 0.493 e. The van der Waals surface area contributed by atoms with Crippen LogP contribution in [0.25, 0.3) is 0 Å². The molecule has 0 spiro atoms. The summed E-state index contributed by atoms with van der Waals surface area (Å²) in [4.78, 5) is 0. The number of hydrogen-bond acceptors (Lipinski definition) is 3. The van der Waals surface area contributed by atoms with E-state index in [-0.39, 0.29) is 0 Å². The van der Waals surface area contributed by atoms with Crippen LogP contribution in [0.4, 0.5) is 0 Å². The molecule has 1 aromatic heterocycles. The Morgan fingerprint density at radius 3 is 3.00 bits per heavy atom. The third-order valence-corrected chi connectivity index (χ3v) is 3.74. The van der Waals surface area contributed by atoms with Crippen molar-refractivity contribution in [3.8, 4) is 5.75 Å². The Morgan fingerprint density at radius 1 is 1.65 bits per heavy atom. The highest BCUT2D eigenvalue weighted by molar-refractivity contribution is 5.31. The predicted octanol–water partition coefficient (Wildman–Crippen LogP) is 2.31. The first-order valence-corrected chi connectivity index (χ1v) is 6.43. The summed E-state index contributed by atoms with van der Waals surface area (Å²) >= 11 is 0. The van der Waals surface area contributed by atoms with Crippen LogP contribution < -0.4 is 4.74 Å². The maximum Gasteiger partial charge on any atom is 0.162 e. The minimum atomic E-state index is -0.768. The lowest BCUT2D eigenvalue weighted by atomic mass is 9.77. The molecule has 1 aromatic rings. The molecule has 2 unspecified atom stereocenters. The van der Waals surface area contributed by atoms with Gasteiger partial charge in [-0.1, -0.05) is 13.3 Å². The van der Waals surface area contributed by atoms with Gasteiger partial charge >= 0.3 is 0 Å². The fourth-order valence-corrected chi connectivity index (χ4v) is 2.97. The normalized spacial score (nSPS) is 29.3. The smallest absolute Gasteiger partial charge is 0.162 e. The van der Waals surface area contributed by atoms with Crippen molar-refractivity contribution in [1.82, 2.24) is 9.78 Å². The monoisotopic (exact) mass is 238 g/mol. The molecule has 2 atom stereocenters. The van der Waals surface area contributed by atoms with Crippen molar-refractivity contribution in [2.75, 3.05) is 7.11 Å². The maximum atomic E-state index is 10.9. The molecule has 1 N–H and O–H groups in total.